The molecule has 0 saturated heterocycles. The fourth-order valence-corrected chi connectivity index (χ4v) is 0.534. The first-order valence-corrected chi connectivity index (χ1v) is 5.11. The quantitative estimate of drug-likeness (QED) is 0.747. The van der Waals surface area contributed by atoms with Crippen LogP contribution >= 0.6 is 0 Å². The second-order valence-electron chi connectivity index (χ2n) is 4.77. The summed E-state index contributed by atoms with van der Waals surface area (Å²) < 4.78 is 0. The van der Waals surface area contributed by atoms with Crippen molar-refractivity contribution in [1.29, 1.82) is 0 Å². The van der Waals surface area contributed by atoms with Gasteiger partial charge in [0.25, 0.3) is 0 Å². The summed E-state index contributed by atoms with van der Waals surface area (Å²) in [6.07, 6.45) is 0. The summed E-state index contributed by atoms with van der Waals surface area (Å²) in [5.74, 6) is 0. The Kier molecular flexibility index (Phi) is 4.98. The van der Waals surface area contributed by atoms with E-state index in [4.69, 9.17) is 10.2 Å². The molecule has 0 fully saturated rings. The number of aliphatic hydroxyl groups is 2. The minimum absolute atomic E-state index is 1.01. The van der Waals surface area contributed by atoms with Gasteiger partial charge in [0.05, 0.1) is 11.2 Å². The molecule has 0 radical (unpaired) electrons. The summed E-state index contributed by atoms with van der Waals surface area (Å²) in [4.78, 5) is 0. The van der Waals surface area contributed by atoms with Crippen molar-refractivity contribution in [2.24, 2.45) is 0 Å². The van der Waals surface area contributed by atoms with Crippen molar-refractivity contribution in [2.45, 2.75) is 45.8 Å². The van der Waals surface area contributed by atoms with Crippen LogP contribution in [0.15, 0.2) is 30.3 Å². The van der Waals surface area contributed by atoms with Gasteiger partial charge in [0.1, 0.15) is 0 Å². The van der Waals surface area contributed by atoms with Crippen LogP contribution < -0.4 is 0 Å². The molecule has 0 saturated carbocycles. The van der Waals surface area contributed by atoms with E-state index in [1.54, 1.807) is 27.7 Å². The molecule has 0 aliphatic heterocycles. The zero-order chi connectivity index (χ0) is 12.1. The van der Waals surface area contributed by atoms with Gasteiger partial charge in [-0.15, -0.1) is 0 Å². The number of hydrogen-bond acceptors (Lipinski definition) is 2. The molecule has 0 aromatic heterocycles. The van der Waals surface area contributed by atoms with Crippen molar-refractivity contribution in [1.82, 2.24) is 0 Å². The molecule has 0 atom stereocenters. The molecule has 1 aromatic carbocycles. The third-order valence-electron chi connectivity index (χ3n) is 2.44. The largest absolute Gasteiger partial charge is 0.387 e. The van der Waals surface area contributed by atoms with Crippen molar-refractivity contribution in [3.05, 3.63) is 35.9 Å². The molecule has 0 spiro atoms. The first-order chi connectivity index (χ1) is 6.64. The van der Waals surface area contributed by atoms with Crippen molar-refractivity contribution < 1.29 is 10.2 Å². The predicted molar refractivity (Wildman–Crippen MR) is 63.8 cm³/mol. The van der Waals surface area contributed by atoms with Gasteiger partial charge in [-0.25, -0.2) is 0 Å². The third kappa shape index (κ3) is 6.26. The second-order valence-corrected chi connectivity index (χ2v) is 4.77. The van der Waals surface area contributed by atoms with E-state index < -0.39 is 11.2 Å². The molecule has 15 heavy (non-hydrogen) atoms. The van der Waals surface area contributed by atoms with Gasteiger partial charge in [0.15, 0.2) is 0 Å². The molecular weight excluding hydrogens is 188 g/mol. The summed E-state index contributed by atoms with van der Waals surface area (Å²) in [6, 6.07) is 10.3. The Labute approximate surface area is 92.6 Å². The van der Waals surface area contributed by atoms with Crippen LogP contribution in [0.1, 0.15) is 33.3 Å². The predicted octanol–water partition coefficient (Wildman–Crippen LogP) is 2.52. The van der Waals surface area contributed by atoms with Crippen LogP contribution in [0.5, 0.6) is 0 Å². The molecule has 2 nitrogen and oxygen atoms in total. The van der Waals surface area contributed by atoms with Gasteiger partial charge < -0.3 is 10.2 Å². The zero-order valence-corrected chi connectivity index (χ0v) is 10.3. The Morgan fingerprint density at radius 2 is 1.13 bits per heavy atom. The van der Waals surface area contributed by atoms with Crippen LogP contribution in [0.2, 0.25) is 0 Å². The van der Waals surface area contributed by atoms with Crippen LogP contribution in [0.3, 0.4) is 0 Å². The standard InChI is InChI=1S/C7H8.C6H14O2/c1-7-5-3-2-4-6-7;1-5(2,7)6(3,4)8/h2-6H,1H3;7-8H,1-4H3. The zero-order valence-electron chi connectivity index (χ0n) is 10.3. The van der Waals surface area contributed by atoms with Gasteiger partial charge >= 0.3 is 0 Å². The molecule has 1 rings (SSSR count). The van der Waals surface area contributed by atoms with Crippen LogP contribution in [0.4, 0.5) is 0 Å². The van der Waals surface area contributed by atoms with Gasteiger partial charge in [-0.1, -0.05) is 35.9 Å². The number of rotatable bonds is 1. The molecule has 0 heterocycles. The lowest BCUT2D eigenvalue weighted by Gasteiger charge is -2.31. The van der Waals surface area contributed by atoms with E-state index in [2.05, 4.69) is 19.1 Å². The van der Waals surface area contributed by atoms with Crippen molar-refractivity contribution in [3.63, 3.8) is 0 Å². The van der Waals surface area contributed by atoms with Gasteiger partial charge in [-0.05, 0) is 34.6 Å². The molecule has 2 heteroatoms. The highest BCUT2D eigenvalue weighted by Crippen LogP contribution is 2.19. The highest BCUT2D eigenvalue weighted by molar-refractivity contribution is 5.11. The Bertz CT molecular complexity index is 253. The molecule has 0 unspecified atom stereocenters. The second kappa shape index (κ2) is 5.29. The maximum absolute atomic E-state index is 9.10. The number of benzene rings is 1. The van der Waals surface area contributed by atoms with Gasteiger partial charge in [-0.2, -0.15) is 0 Å². The first-order valence-electron chi connectivity index (χ1n) is 5.11. The molecular formula is C13H22O2. The molecule has 0 aliphatic rings. The van der Waals surface area contributed by atoms with Crippen LogP contribution in [0.25, 0.3) is 0 Å². The van der Waals surface area contributed by atoms with Gasteiger partial charge in [0.2, 0.25) is 0 Å². The lowest BCUT2D eigenvalue weighted by atomic mass is 9.90. The highest BCUT2D eigenvalue weighted by atomic mass is 16.3. The molecule has 86 valence electrons. The topological polar surface area (TPSA) is 40.5 Å². The maximum atomic E-state index is 9.10. The van der Waals surface area contributed by atoms with E-state index in [-0.39, 0.29) is 0 Å². The fraction of sp³-hybridized carbons (Fsp3) is 0.538. The van der Waals surface area contributed by atoms with Gasteiger partial charge in [-0.3, -0.25) is 0 Å². The first kappa shape index (κ1) is 14.1. The SMILES string of the molecule is CC(C)(O)C(C)(C)O.Cc1ccccc1. The van der Waals surface area contributed by atoms with E-state index in [1.807, 2.05) is 18.2 Å². The number of hydrogen-bond donors (Lipinski definition) is 2. The lowest BCUT2D eigenvalue weighted by molar-refractivity contribution is -0.107. The van der Waals surface area contributed by atoms with E-state index >= 15 is 0 Å². The van der Waals surface area contributed by atoms with Crippen molar-refractivity contribution >= 4 is 0 Å². The Hall–Kier alpha value is -0.860. The maximum Gasteiger partial charge on any atom is 0.0872 e. The number of aryl methyl sites for hydroxylation is 1. The minimum atomic E-state index is -1.01. The van der Waals surface area contributed by atoms with Crippen LogP contribution in [0, 0.1) is 6.92 Å². The van der Waals surface area contributed by atoms with E-state index in [9.17, 15) is 0 Å². The third-order valence-corrected chi connectivity index (χ3v) is 2.44. The van der Waals surface area contributed by atoms with Crippen molar-refractivity contribution in [3.8, 4) is 0 Å². The van der Waals surface area contributed by atoms with E-state index in [0.29, 0.717) is 0 Å². The molecule has 0 bridgehead atoms. The lowest BCUT2D eigenvalue weighted by Crippen LogP contribution is -2.44. The van der Waals surface area contributed by atoms with Gasteiger partial charge in [0, 0.05) is 0 Å². The average Bonchev–Trinajstić information content (AvgIpc) is 2.02. The summed E-state index contributed by atoms with van der Waals surface area (Å²) >= 11 is 0. The normalized spacial score (nSPS) is 11.7. The fourth-order valence-electron chi connectivity index (χ4n) is 0.534. The molecule has 2 N–H and O–H groups in total. The smallest absolute Gasteiger partial charge is 0.0872 e. The molecule has 0 aliphatic carbocycles. The summed E-state index contributed by atoms with van der Waals surface area (Å²) in [6.45, 7) is 8.39. The van der Waals surface area contributed by atoms with Crippen LogP contribution in [-0.4, -0.2) is 21.4 Å². The summed E-state index contributed by atoms with van der Waals surface area (Å²) in [7, 11) is 0. The Balaban J connectivity index is 0.000000262. The van der Waals surface area contributed by atoms with E-state index in [0.717, 1.165) is 0 Å². The summed E-state index contributed by atoms with van der Waals surface area (Å²) in [5, 5.41) is 18.2. The summed E-state index contributed by atoms with van der Waals surface area (Å²) in [5.41, 5.74) is -0.692. The minimum Gasteiger partial charge on any atom is -0.387 e. The van der Waals surface area contributed by atoms with Crippen LogP contribution in [-0.2, 0) is 0 Å². The monoisotopic (exact) mass is 210 g/mol. The molecule has 1 aromatic rings. The van der Waals surface area contributed by atoms with E-state index in [1.165, 1.54) is 5.56 Å². The average molecular weight is 210 g/mol. The molecule has 0 amide bonds. The Morgan fingerprint density at radius 3 is 1.27 bits per heavy atom. The highest BCUT2D eigenvalue weighted by Gasteiger charge is 2.31. The Morgan fingerprint density at radius 1 is 0.800 bits per heavy atom. The van der Waals surface area contributed by atoms with Crippen molar-refractivity contribution in [2.75, 3.05) is 0 Å².